The molecule has 0 bridgehead atoms. The van der Waals surface area contributed by atoms with Gasteiger partial charge in [-0.1, -0.05) is 15.9 Å². The highest BCUT2D eigenvalue weighted by atomic mass is 79.9. The Bertz CT molecular complexity index is 419. The summed E-state index contributed by atoms with van der Waals surface area (Å²) in [5.41, 5.74) is 1.11. The van der Waals surface area contributed by atoms with Gasteiger partial charge in [-0.25, -0.2) is 0 Å². The van der Waals surface area contributed by atoms with Crippen molar-refractivity contribution in [1.82, 2.24) is 4.90 Å². The molecular formula is C12H14BrNO2. The monoisotopic (exact) mass is 283 g/mol. The van der Waals surface area contributed by atoms with E-state index in [9.17, 15) is 4.79 Å². The van der Waals surface area contributed by atoms with E-state index in [1.807, 2.05) is 25.1 Å². The van der Waals surface area contributed by atoms with Crippen LogP contribution in [0.4, 0.5) is 0 Å². The van der Waals surface area contributed by atoms with Crippen LogP contribution in [0.1, 0.15) is 12.0 Å². The van der Waals surface area contributed by atoms with Gasteiger partial charge in [0.05, 0.1) is 0 Å². The minimum Gasteiger partial charge on any atom is -0.481 e. The second kappa shape index (κ2) is 4.45. The smallest absolute Gasteiger partial charge is 0.263 e. The molecule has 0 N–H and O–H groups in total. The van der Waals surface area contributed by atoms with Crippen LogP contribution in [0.15, 0.2) is 22.7 Å². The number of hydrogen-bond acceptors (Lipinski definition) is 2. The number of amides is 1. The number of halogens is 1. The fourth-order valence-corrected chi connectivity index (χ4v) is 2.00. The van der Waals surface area contributed by atoms with E-state index in [4.69, 9.17) is 4.74 Å². The normalized spacial score (nSPS) is 20.3. The van der Waals surface area contributed by atoms with E-state index in [-0.39, 0.29) is 12.0 Å². The van der Waals surface area contributed by atoms with E-state index in [1.165, 1.54) is 0 Å². The van der Waals surface area contributed by atoms with Gasteiger partial charge in [0.1, 0.15) is 5.75 Å². The van der Waals surface area contributed by atoms with Crippen LogP contribution in [0.25, 0.3) is 0 Å². The van der Waals surface area contributed by atoms with E-state index in [2.05, 4.69) is 15.9 Å². The Morgan fingerprint density at radius 3 is 2.81 bits per heavy atom. The first-order valence-electron chi connectivity index (χ1n) is 5.25. The Kier molecular flexibility index (Phi) is 3.19. The van der Waals surface area contributed by atoms with Crippen molar-refractivity contribution in [1.29, 1.82) is 0 Å². The molecule has 0 spiro atoms. The molecule has 1 amide bonds. The van der Waals surface area contributed by atoms with Crippen LogP contribution in [0.3, 0.4) is 0 Å². The number of likely N-dealkylation sites (tertiary alicyclic amines) is 1. The molecule has 0 radical (unpaired) electrons. The maximum atomic E-state index is 11.7. The van der Waals surface area contributed by atoms with Gasteiger partial charge in [0.2, 0.25) is 0 Å². The van der Waals surface area contributed by atoms with Crippen molar-refractivity contribution in [2.24, 2.45) is 0 Å². The zero-order chi connectivity index (χ0) is 11.7. The average molecular weight is 284 g/mol. The molecule has 3 nitrogen and oxygen atoms in total. The first-order chi connectivity index (χ1) is 7.58. The largest absolute Gasteiger partial charge is 0.481 e. The third kappa shape index (κ3) is 2.21. The predicted octanol–water partition coefficient (Wildman–Crippen LogP) is 2.37. The summed E-state index contributed by atoms with van der Waals surface area (Å²) in [6, 6.07) is 5.76. The van der Waals surface area contributed by atoms with Gasteiger partial charge in [-0.05, 0) is 30.7 Å². The van der Waals surface area contributed by atoms with Gasteiger partial charge in [-0.2, -0.15) is 0 Å². The van der Waals surface area contributed by atoms with E-state index >= 15 is 0 Å². The number of carbonyl (C=O) groups excluding carboxylic acids is 1. The molecule has 1 aromatic carbocycles. The van der Waals surface area contributed by atoms with Crippen LogP contribution >= 0.6 is 15.9 Å². The second-order valence-electron chi connectivity index (χ2n) is 4.07. The predicted molar refractivity (Wildman–Crippen MR) is 65.5 cm³/mol. The van der Waals surface area contributed by atoms with Crippen LogP contribution in [-0.4, -0.2) is 30.5 Å². The fraction of sp³-hybridized carbons (Fsp3) is 0.417. The maximum Gasteiger partial charge on any atom is 0.263 e. The molecule has 0 aromatic heterocycles. The van der Waals surface area contributed by atoms with Gasteiger partial charge < -0.3 is 9.64 Å². The molecule has 1 atom stereocenters. The van der Waals surface area contributed by atoms with E-state index in [0.29, 0.717) is 0 Å². The number of likely N-dealkylation sites (N-methyl/N-ethyl adjacent to an activating group) is 1. The highest BCUT2D eigenvalue weighted by Crippen LogP contribution is 2.24. The zero-order valence-electron chi connectivity index (χ0n) is 9.37. The molecule has 16 heavy (non-hydrogen) atoms. The van der Waals surface area contributed by atoms with Crippen LogP contribution in [0, 0.1) is 6.92 Å². The molecule has 2 rings (SSSR count). The number of nitrogens with zero attached hydrogens (tertiary/aromatic N) is 1. The van der Waals surface area contributed by atoms with Crippen molar-refractivity contribution in [3.63, 3.8) is 0 Å². The Labute approximate surface area is 104 Å². The molecule has 1 aromatic rings. The highest BCUT2D eigenvalue weighted by Gasteiger charge is 2.30. The van der Waals surface area contributed by atoms with Crippen molar-refractivity contribution < 1.29 is 9.53 Å². The average Bonchev–Trinajstić information content (AvgIpc) is 2.55. The fourth-order valence-electron chi connectivity index (χ4n) is 1.75. The molecule has 1 aliphatic heterocycles. The molecule has 1 heterocycles. The Morgan fingerprint density at radius 1 is 1.50 bits per heavy atom. The van der Waals surface area contributed by atoms with Crippen molar-refractivity contribution in [3.8, 4) is 5.75 Å². The molecular weight excluding hydrogens is 270 g/mol. The van der Waals surface area contributed by atoms with Crippen LogP contribution in [0.5, 0.6) is 5.75 Å². The lowest BCUT2D eigenvalue weighted by atomic mass is 10.2. The first-order valence-corrected chi connectivity index (χ1v) is 6.05. The molecule has 1 saturated heterocycles. The summed E-state index contributed by atoms with van der Waals surface area (Å²) in [7, 11) is 1.80. The summed E-state index contributed by atoms with van der Waals surface area (Å²) < 4.78 is 6.73. The van der Waals surface area contributed by atoms with Crippen LogP contribution in [0.2, 0.25) is 0 Å². The molecule has 4 heteroatoms. The van der Waals surface area contributed by atoms with Gasteiger partial charge in [0, 0.05) is 24.5 Å². The van der Waals surface area contributed by atoms with Gasteiger partial charge in [0.25, 0.3) is 5.91 Å². The zero-order valence-corrected chi connectivity index (χ0v) is 11.0. The SMILES string of the molecule is Cc1cc(OC2CCN(C)C2=O)ccc1Br. The summed E-state index contributed by atoms with van der Waals surface area (Å²) in [6.45, 7) is 2.78. The standard InChI is InChI=1S/C12H14BrNO2/c1-8-7-9(3-4-10(8)13)16-11-5-6-14(2)12(11)15/h3-4,7,11H,5-6H2,1-2H3. The number of hydrogen-bond donors (Lipinski definition) is 0. The van der Waals surface area contributed by atoms with E-state index in [1.54, 1.807) is 11.9 Å². The summed E-state index contributed by atoms with van der Waals surface area (Å²) in [6.07, 6.45) is 0.454. The topological polar surface area (TPSA) is 29.5 Å². The molecule has 0 saturated carbocycles. The Balaban J connectivity index is 2.10. The van der Waals surface area contributed by atoms with Crippen LogP contribution < -0.4 is 4.74 Å². The van der Waals surface area contributed by atoms with Crippen molar-refractivity contribution in [2.45, 2.75) is 19.4 Å². The number of carbonyl (C=O) groups is 1. The third-order valence-electron chi connectivity index (χ3n) is 2.79. The van der Waals surface area contributed by atoms with E-state index in [0.717, 1.165) is 28.8 Å². The quantitative estimate of drug-likeness (QED) is 0.834. The van der Waals surface area contributed by atoms with Crippen molar-refractivity contribution >= 4 is 21.8 Å². The molecule has 1 unspecified atom stereocenters. The highest BCUT2D eigenvalue weighted by molar-refractivity contribution is 9.10. The minimum absolute atomic E-state index is 0.0700. The molecule has 0 aliphatic carbocycles. The summed E-state index contributed by atoms with van der Waals surface area (Å²) >= 11 is 3.43. The Hall–Kier alpha value is -1.03. The first kappa shape index (κ1) is 11.5. The summed E-state index contributed by atoms with van der Waals surface area (Å²) in [5.74, 6) is 0.829. The van der Waals surface area contributed by atoms with Gasteiger partial charge >= 0.3 is 0 Å². The lowest BCUT2D eigenvalue weighted by molar-refractivity contribution is -0.132. The van der Waals surface area contributed by atoms with Crippen molar-refractivity contribution in [2.75, 3.05) is 13.6 Å². The van der Waals surface area contributed by atoms with Gasteiger partial charge in [-0.15, -0.1) is 0 Å². The van der Waals surface area contributed by atoms with Gasteiger partial charge in [-0.3, -0.25) is 4.79 Å². The Morgan fingerprint density at radius 2 is 2.25 bits per heavy atom. The van der Waals surface area contributed by atoms with E-state index < -0.39 is 0 Å². The number of benzene rings is 1. The molecule has 1 fully saturated rings. The number of ether oxygens (including phenoxy) is 1. The van der Waals surface area contributed by atoms with Crippen LogP contribution in [-0.2, 0) is 4.79 Å². The maximum absolute atomic E-state index is 11.7. The van der Waals surface area contributed by atoms with Crippen molar-refractivity contribution in [3.05, 3.63) is 28.2 Å². The van der Waals surface area contributed by atoms with Gasteiger partial charge in [0.15, 0.2) is 6.10 Å². The third-order valence-corrected chi connectivity index (χ3v) is 3.68. The minimum atomic E-state index is -0.314. The molecule has 1 aliphatic rings. The second-order valence-corrected chi connectivity index (χ2v) is 4.92. The lowest BCUT2D eigenvalue weighted by Crippen LogP contribution is -2.29. The summed E-state index contributed by atoms with van der Waals surface area (Å²) in [5, 5.41) is 0. The molecule has 86 valence electrons. The summed E-state index contributed by atoms with van der Waals surface area (Å²) in [4.78, 5) is 13.4. The number of aryl methyl sites for hydroxylation is 1. The lowest BCUT2D eigenvalue weighted by Gasteiger charge is -2.13. The number of rotatable bonds is 2.